The number of carboxylic acids is 1. The van der Waals surface area contributed by atoms with Crippen LogP contribution in [-0.2, 0) is 38.4 Å². The maximum Gasteiger partial charge on any atom is 0.326 e. The Morgan fingerprint density at radius 1 is 0.792 bits per heavy atom. The van der Waals surface area contributed by atoms with Gasteiger partial charge in [0.2, 0.25) is 17.7 Å². The summed E-state index contributed by atoms with van der Waals surface area (Å²) in [6.07, 6.45) is 4.80. The first kappa shape index (κ1) is 32.3. The van der Waals surface area contributed by atoms with Crippen LogP contribution in [0.3, 0.4) is 0 Å². The van der Waals surface area contributed by atoms with Crippen molar-refractivity contribution in [1.82, 2.24) is 25.5 Å². The molecule has 48 heavy (non-hydrogen) atoms. The SMILES string of the molecule is NC(Cc1c[nH]c2ccccc12)C(=O)NC(Cc1ccc(O)cc1)C(=O)NC(Cc1c[nH]c2ccccc12)C(=O)N1CCCC1C(=O)O. The Hall–Kier alpha value is -5.62. The molecule has 0 aliphatic carbocycles. The first-order valence-electron chi connectivity index (χ1n) is 16.0. The van der Waals surface area contributed by atoms with Gasteiger partial charge in [-0.1, -0.05) is 48.5 Å². The highest BCUT2D eigenvalue weighted by molar-refractivity contribution is 5.95. The van der Waals surface area contributed by atoms with E-state index in [0.717, 1.165) is 32.9 Å². The Morgan fingerprint density at radius 3 is 2.00 bits per heavy atom. The zero-order chi connectivity index (χ0) is 33.8. The van der Waals surface area contributed by atoms with Crippen LogP contribution in [0.4, 0.5) is 0 Å². The van der Waals surface area contributed by atoms with Crippen molar-refractivity contribution in [3.63, 3.8) is 0 Å². The highest BCUT2D eigenvalue weighted by Crippen LogP contribution is 2.24. The Bertz CT molecular complexity index is 1950. The van der Waals surface area contributed by atoms with Crippen LogP contribution in [0.2, 0.25) is 0 Å². The van der Waals surface area contributed by atoms with E-state index in [9.17, 15) is 29.4 Å². The number of nitrogens with two attached hydrogens (primary N) is 1. The number of carbonyl (C=O) groups excluding carboxylic acids is 3. The molecule has 1 saturated heterocycles. The van der Waals surface area contributed by atoms with Gasteiger partial charge in [-0.3, -0.25) is 14.4 Å². The fourth-order valence-electron chi connectivity index (χ4n) is 6.47. The number of likely N-dealkylation sites (tertiary alicyclic amines) is 1. The van der Waals surface area contributed by atoms with Gasteiger partial charge in [0.25, 0.3) is 0 Å². The quantitative estimate of drug-likeness (QED) is 0.108. The summed E-state index contributed by atoms with van der Waals surface area (Å²) in [4.78, 5) is 61.2. The molecule has 1 fully saturated rings. The Balaban J connectivity index is 1.25. The number of H-pyrrole nitrogens is 2. The topological polar surface area (TPSA) is 194 Å². The average molecular weight is 651 g/mol. The molecule has 0 saturated carbocycles. The monoisotopic (exact) mass is 650 g/mol. The summed E-state index contributed by atoms with van der Waals surface area (Å²) in [5, 5.41) is 27.1. The largest absolute Gasteiger partial charge is 0.508 e. The minimum absolute atomic E-state index is 0.0486. The molecule has 1 aliphatic rings. The number of carbonyl (C=O) groups is 4. The number of aromatic amines is 2. The number of hydrogen-bond acceptors (Lipinski definition) is 6. The van der Waals surface area contributed by atoms with Crippen LogP contribution in [0.15, 0.2) is 85.2 Å². The molecule has 2 aromatic heterocycles. The summed E-state index contributed by atoms with van der Waals surface area (Å²) in [7, 11) is 0. The lowest BCUT2D eigenvalue weighted by atomic mass is 10.0. The predicted molar refractivity (Wildman–Crippen MR) is 180 cm³/mol. The number of aromatic nitrogens is 2. The van der Waals surface area contributed by atoms with Gasteiger partial charge in [-0.2, -0.15) is 0 Å². The van der Waals surface area contributed by atoms with E-state index in [4.69, 9.17) is 5.73 Å². The number of nitrogens with one attached hydrogen (secondary N) is 4. The number of aliphatic carboxylic acids is 1. The highest BCUT2D eigenvalue weighted by Gasteiger charge is 2.39. The standard InChI is InChI=1S/C36H38N6O6/c37-27(17-22-19-38-28-8-3-1-6-25(22)28)33(44)40-30(16-21-11-13-24(43)14-12-21)34(45)41-31(35(46)42-15-5-10-32(42)36(47)48)18-23-20-39-29-9-4-2-7-26(23)29/h1-4,6-9,11-14,19-20,27,30-32,38-39,43H,5,10,15-18,37H2,(H,40,44)(H,41,45)(H,47,48). The molecule has 3 heterocycles. The summed E-state index contributed by atoms with van der Waals surface area (Å²) in [5.41, 5.74) is 10.4. The van der Waals surface area contributed by atoms with Crippen molar-refractivity contribution in [2.75, 3.05) is 6.54 Å². The van der Waals surface area contributed by atoms with E-state index >= 15 is 0 Å². The molecule has 3 amide bonds. The number of fused-ring (bicyclic) bond motifs is 2. The third-order valence-corrected chi connectivity index (χ3v) is 9.00. The van der Waals surface area contributed by atoms with Crippen molar-refractivity contribution in [3.8, 4) is 5.75 Å². The van der Waals surface area contributed by atoms with Crippen molar-refractivity contribution in [2.45, 2.75) is 56.3 Å². The second-order valence-electron chi connectivity index (χ2n) is 12.3. The molecule has 8 N–H and O–H groups in total. The summed E-state index contributed by atoms with van der Waals surface area (Å²) >= 11 is 0. The molecule has 0 bridgehead atoms. The Morgan fingerprint density at radius 2 is 1.38 bits per heavy atom. The van der Waals surface area contributed by atoms with Crippen LogP contribution in [-0.4, -0.2) is 79.5 Å². The van der Waals surface area contributed by atoms with Crippen LogP contribution in [0.25, 0.3) is 21.8 Å². The maximum absolute atomic E-state index is 14.1. The number of para-hydroxylation sites is 2. The molecule has 248 valence electrons. The number of aromatic hydroxyl groups is 1. The average Bonchev–Trinajstić information content (AvgIpc) is 3.84. The summed E-state index contributed by atoms with van der Waals surface area (Å²) < 4.78 is 0. The fraction of sp³-hybridized carbons (Fsp3) is 0.278. The van der Waals surface area contributed by atoms with E-state index in [1.807, 2.05) is 54.7 Å². The van der Waals surface area contributed by atoms with Gasteiger partial charge in [-0.05, 0) is 60.2 Å². The zero-order valence-corrected chi connectivity index (χ0v) is 26.2. The molecule has 12 nitrogen and oxygen atoms in total. The van der Waals surface area contributed by atoms with Gasteiger partial charge in [-0.15, -0.1) is 0 Å². The van der Waals surface area contributed by atoms with Crippen molar-refractivity contribution < 1.29 is 29.4 Å². The van der Waals surface area contributed by atoms with E-state index in [0.29, 0.717) is 18.4 Å². The van der Waals surface area contributed by atoms with Crippen molar-refractivity contribution >= 4 is 45.5 Å². The van der Waals surface area contributed by atoms with Crippen LogP contribution >= 0.6 is 0 Å². The second kappa shape index (κ2) is 14.0. The van der Waals surface area contributed by atoms with Crippen molar-refractivity contribution in [1.29, 1.82) is 0 Å². The number of rotatable bonds is 12. The molecule has 4 atom stereocenters. The summed E-state index contributed by atoms with van der Waals surface area (Å²) in [6, 6.07) is 17.3. The van der Waals surface area contributed by atoms with E-state index in [1.165, 1.54) is 17.0 Å². The van der Waals surface area contributed by atoms with Crippen LogP contribution < -0.4 is 16.4 Å². The predicted octanol–water partition coefficient (Wildman–Crippen LogP) is 2.76. The molecule has 3 aromatic carbocycles. The molecular formula is C36H38N6O6. The fourth-order valence-corrected chi connectivity index (χ4v) is 6.47. The molecule has 0 radical (unpaired) electrons. The maximum atomic E-state index is 14.1. The molecule has 0 spiro atoms. The molecule has 1 aliphatic heterocycles. The van der Waals surface area contributed by atoms with Crippen LogP contribution in [0, 0.1) is 0 Å². The number of phenols is 1. The van der Waals surface area contributed by atoms with E-state index in [2.05, 4.69) is 20.6 Å². The minimum atomic E-state index is -1.14. The second-order valence-corrected chi connectivity index (χ2v) is 12.3. The van der Waals surface area contributed by atoms with Gasteiger partial charge < -0.3 is 41.4 Å². The van der Waals surface area contributed by atoms with Gasteiger partial charge in [0.15, 0.2) is 0 Å². The zero-order valence-electron chi connectivity index (χ0n) is 26.2. The van der Waals surface area contributed by atoms with E-state index < -0.39 is 47.9 Å². The summed E-state index contributed by atoms with van der Waals surface area (Å²) in [5.74, 6) is -2.74. The molecule has 12 heteroatoms. The van der Waals surface area contributed by atoms with Crippen molar-refractivity contribution in [2.24, 2.45) is 5.73 Å². The van der Waals surface area contributed by atoms with E-state index in [-0.39, 0.29) is 31.6 Å². The Kier molecular flexibility index (Phi) is 9.44. The van der Waals surface area contributed by atoms with Gasteiger partial charge in [0, 0.05) is 53.6 Å². The smallest absolute Gasteiger partial charge is 0.326 e. The minimum Gasteiger partial charge on any atom is -0.508 e. The number of phenolic OH excluding ortho intramolecular Hbond substituents is 1. The molecule has 4 unspecified atom stereocenters. The summed E-state index contributed by atoms with van der Waals surface area (Å²) in [6.45, 7) is 0.256. The lowest BCUT2D eigenvalue weighted by molar-refractivity contribution is -0.149. The first-order valence-corrected chi connectivity index (χ1v) is 16.0. The normalized spacial score (nSPS) is 16.4. The number of amides is 3. The van der Waals surface area contributed by atoms with Gasteiger partial charge in [-0.25, -0.2) is 4.79 Å². The van der Waals surface area contributed by atoms with Gasteiger partial charge in [0.05, 0.1) is 6.04 Å². The lowest BCUT2D eigenvalue weighted by Gasteiger charge is -2.29. The van der Waals surface area contributed by atoms with Crippen LogP contribution in [0.1, 0.15) is 29.5 Å². The Labute approximate surface area is 276 Å². The molecule has 5 aromatic rings. The van der Waals surface area contributed by atoms with Crippen molar-refractivity contribution in [3.05, 3.63) is 102 Å². The van der Waals surface area contributed by atoms with Gasteiger partial charge in [0.1, 0.15) is 23.9 Å². The molecule has 6 rings (SSSR count). The third-order valence-electron chi connectivity index (χ3n) is 9.00. The number of carboxylic acid groups (broad SMARTS) is 1. The van der Waals surface area contributed by atoms with Crippen LogP contribution in [0.5, 0.6) is 5.75 Å². The third kappa shape index (κ3) is 7.03. The molecular weight excluding hydrogens is 612 g/mol. The highest BCUT2D eigenvalue weighted by atomic mass is 16.4. The number of benzene rings is 3. The lowest BCUT2D eigenvalue weighted by Crippen LogP contribution is -2.58. The van der Waals surface area contributed by atoms with Gasteiger partial charge >= 0.3 is 5.97 Å². The number of nitrogens with zero attached hydrogens (tertiary/aromatic N) is 1. The number of hydrogen-bond donors (Lipinski definition) is 7. The first-order chi connectivity index (χ1) is 23.2. The van der Waals surface area contributed by atoms with E-state index in [1.54, 1.807) is 18.3 Å².